The van der Waals surface area contributed by atoms with Gasteiger partial charge in [0.1, 0.15) is 0 Å². The van der Waals surface area contributed by atoms with Crippen LogP contribution in [0.15, 0.2) is 42.5 Å². The maximum Gasteiger partial charge on any atom is 0.233 e. The molecular weight excluding hydrogens is 420 g/mol. The molecule has 0 unspecified atom stereocenters. The van der Waals surface area contributed by atoms with Crippen LogP contribution in [0, 0.1) is 0 Å². The van der Waals surface area contributed by atoms with Gasteiger partial charge in [0, 0.05) is 35.6 Å². The second kappa shape index (κ2) is 9.67. The van der Waals surface area contributed by atoms with Gasteiger partial charge in [-0.1, -0.05) is 17.7 Å². The zero-order chi connectivity index (χ0) is 21.6. The molecule has 1 aliphatic heterocycles. The van der Waals surface area contributed by atoms with E-state index in [-0.39, 0.29) is 0 Å². The summed E-state index contributed by atoms with van der Waals surface area (Å²) in [7, 11) is 3.19. The Hall–Kier alpha value is -3.30. The van der Waals surface area contributed by atoms with Crippen LogP contribution in [0.2, 0.25) is 5.02 Å². The van der Waals surface area contributed by atoms with Gasteiger partial charge >= 0.3 is 0 Å². The number of anilines is 5. The summed E-state index contributed by atoms with van der Waals surface area (Å²) in [6.45, 7) is 2.66. The van der Waals surface area contributed by atoms with E-state index in [0.29, 0.717) is 60.7 Å². The number of rotatable bonds is 7. The zero-order valence-corrected chi connectivity index (χ0v) is 18.0. The first-order valence-electron chi connectivity index (χ1n) is 9.75. The lowest BCUT2D eigenvalue weighted by atomic mass is 10.3. The molecule has 1 saturated heterocycles. The molecule has 1 aromatic heterocycles. The maximum absolute atomic E-state index is 6.11. The first kappa shape index (κ1) is 21.0. The standard InChI is InChI=1S/C21H23ClN6O3/c1-29-17-7-6-16(13-18(17)30-2)24-20-25-19(23-15-5-3-4-14(22)12-15)26-21(27-20)28-8-10-31-11-9-28/h3-7,12-13H,8-11H2,1-2H3,(H2,23,24,25,26,27). The minimum atomic E-state index is 0.397. The average molecular weight is 443 g/mol. The highest BCUT2D eigenvalue weighted by Gasteiger charge is 2.17. The fourth-order valence-electron chi connectivity index (χ4n) is 3.12. The molecule has 2 aromatic carbocycles. The van der Waals surface area contributed by atoms with E-state index in [4.69, 9.17) is 25.8 Å². The summed E-state index contributed by atoms with van der Waals surface area (Å²) in [6.07, 6.45) is 0. The molecule has 9 nitrogen and oxygen atoms in total. The summed E-state index contributed by atoms with van der Waals surface area (Å²) >= 11 is 6.11. The molecule has 0 radical (unpaired) electrons. The number of halogens is 1. The summed E-state index contributed by atoms with van der Waals surface area (Å²) in [4.78, 5) is 15.8. The zero-order valence-electron chi connectivity index (χ0n) is 17.3. The molecule has 4 rings (SSSR count). The molecule has 0 spiro atoms. The third-order valence-electron chi connectivity index (χ3n) is 4.64. The molecule has 10 heteroatoms. The Morgan fingerprint density at radius 2 is 1.55 bits per heavy atom. The van der Waals surface area contributed by atoms with Crippen LogP contribution in [0.25, 0.3) is 0 Å². The van der Waals surface area contributed by atoms with Crippen molar-refractivity contribution in [2.24, 2.45) is 0 Å². The normalized spacial score (nSPS) is 13.6. The van der Waals surface area contributed by atoms with E-state index < -0.39 is 0 Å². The molecule has 0 atom stereocenters. The van der Waals surface area contributed by atoms with Gasteiger partial charge in [0.2, 0.25) is 17.8 Å². The summed E-state index contributed by atoms with van der Waals surface area (Å²) in [5.41, 5.74) is 1.54. The van der Waals surface area contributed by atoms with Crippen molar-refractivity contribution in [3.05, 3.63) is 47.5 Å². The van der Waals surface area contributed by atoms with Crippen molar-refractivity contribution in [3.63, 3.8) is 0 Å². The van der Waals surface area contributed by atoms with Gasteiger partial charge in [0.15, 0.2) is 11.5 Å². The predicted octanol–water partition coefficient (Wildman–Crippen LogP) is 3.87. The lowest BCUT2D eigenvalue weighted by Crippen LogP contribution is -2.37. The van der Waals surface area contributed by atoms with Crippen molar-refractivity contribution in [1.29, 1.82) is 0 Å². The van der Waals surface area contributed by atoms with Crippen LogP contribution in [-0.4, -0.2) is 55.5 Å². The summed E-state index contributed by atoms with van der Waals surface area (Å²) in [5, 5.41) is 7.05. The van der Waals surface area contributed by atoms with Crippen molar-refractivity contribution >= 4 is 40.8 Å². The lowest BCUT2D eigenvalue weighted by molar-refractivity contribution is 0.122. The van der Waals surface area contributed by atoms with Gasteiger partial charge in [-0.3, -0.25) is 0 Å². The van der Waals surface area contributed by atoms with Crippen molar-refractivity contribution in [1.82, 2.24) is 15.0 Å². The number of methoxy groups -OCH3 is 2. The molecule has 3 aromatic rings. The average Bonchev–Trinajstić information content (AvgIpc) is 2.79. The number of aromatic nitrogens is 3. The Labute approximate surface area is 185 Å². The molecule has 0 amide bonds. The maximum atomic E-state index is 6.11. The first-order chi connectivity index (χ1) is 15.1. The molecule has 31 heavy (non-hydrogen) atoms. The van der Waals surface area contributed by atoms with Crippen LogP contribution in [0.1, 0.15) is 0 Å². The molecule has 162 valence electrons. The molecule has 0 saturated carbocycles. The van der Waals surface area contributed by atoms with Crippen molar-refractivity contribution in [2.45, 2.75) is 0 Å². The minimum Gasteiger partial charge on any atom is -0.493 e. The van der Waals surface area contributed by atoms with E-state index in [1.54, 1.807) is 20.3 Å². The Bertz CT molecular complexity index is 1050. The van der Waals surface area contributed by atoms with Crippen molar-refractivity contribution in [3.8, 4) is 11.5 Å². The van der Waals surface area contributed by atoms with E-state index in [1.165, 1.54) is 0 Å². The Morgan fingerprint density at radius 1 is 0.871 bits per heavy atom. The lowest BCUT2D eigenvalue weighted by Gasteiger charge is -2.27. The predicted molar refractivity (Wildman–Crippen MR) is 120 cm³/mol. The molecule has 0 aliphatic carbocycles. The quantitative estimate of drug-likeness (QED) is 0.565. The number of hydrogen-bond donors (Lipinski definition) is 2. The first-order valence-corrected chi connectivity index (χ1v) is 10.1. The van der Waals surface area contributed by atoms with Gasteiger partial charge < -0.3 is 29.7 Å². The number of nitrogens with zero attached hydrogens (tertiary/aromatic N) is 4. The SMILES string of the molecule is COc1ccc(Nc2nc(Nc3cccc(Cl)c3)nc(N3CCOCC3)n2)cc1OC. The summed E-state index contributed by atoms with van der Waals surface area (Å²) in [6, 6.07) is 12.9. The molecule has 1 aliphatic rings. The monoisotopic (exact) mass is 442 g/mol. The summed E-state index contributed by atoms with van der Waals surface area (Å²) in [5.74, 6) is 2.61. The Morgan fingerprint density at radius 3 is 2.19 bits per heavy atom. The number of benzene rings is 2. The van der Waals surface area contributed by atoms with E-state index in [1.807, 2.05) is 36.4 Å². The summed E-state index contributed by atoms with van der Waals surface area (Å²) < 4.78 is 16.1. The van der Waals surface area contributed by atoms with Crippen molar-refractivity contribution < 1.29 is 14.2 Å². The van der Waals surface area contributed by atoms with Gasteiger partial charge in [0.05, 0.1) is 27.4 Å². The van der Waals surface area contributed by atoms with Gasteiger partial charge in [-0.2, -0.15) is 15.0 Å². The number of morpholine rings is 1. The van der Waals surface area contributed by atoms with Crippen LogP contribution < -0.4 is 25.0 Å². The van der Waals surface area contributed by atoms with Gasteiger partial charge in [0.25, 0.3) is 0 Å². The third kappa shape index (κ3) is 5.25. The number of nitrogens with one attached hydrogen (secondary N) is 2. The van der Waals surface area contributed by atoms with Gasteiger partial charge in [-0.15, -0.1) is 0 Å². The number of ether oxygens (including phenoxy) is 3. The highest BCUT2D eigenvalue weighted by atomic mass is 35.5. The molecule has 2 N–H and O–H groups in total. The minimum absolute atomic E-state index is 0.397. The highest BCUT2D eigenvalue weighted by Crippen LogP contribution is 2.31. The molecule has 1 fully saturated rings. The fraction of sp³-hybridized carbons (Fsp3) is 0.286. The third-order valence-corrected chi connectivity index (χ3v) is 4.87. The Kier molecular flexibility index (Phi) is 6.54. The topological polar surface area (TPSA) is 93.7 Å². The molecular formula is C21H23ClN6O3. The largest absolute Gasteiger partial charge is 0.493 e. The van der Waals surface area contributed by atoms with Crippen LogP contribution in [0.4, 0.5) is 29.2 Å². The number of hydrogen-bond acceptors (Lipinski definition) is 9. The van der Waals surface area contributed by atoms with Crippen molar-refractivity contribution in [2.75, 3.05) is 56.1 Å². The van der Waals surface area contributed by atoms with E-state index >= 15 is 0 Å². The van der Waals surface area contributed by atoms with Crippen LogP contribution in [-0.2, 0) is 4.74 Å². The van der Waals surface area contributed by atoms with Crippen LogP contribution in [0.3, 0.4) is 0 Å². The second-order valence-electron chi connectivity index (χ2n) is 6.71. The smallest absolute Gasteiger partial charge is 0.233 e. The van der Waals surface area contributed by atoms with Crippen LogP contribution in [0.5, 0.6) is 11.5 Å². The van der Waals surface area contributed by atoms with E-state index in [2.05, 4.69) is 30.5 Å². The van der Waals surface area contributed by atoms with Gasteiger partial charge in [-0.05, 0) is 30.3 Å². The van der Waals surface area contributed by atoms with E-state index in [0.717, 1.165) is 11.4 Å². The van der Waals surface area contributed by atoms with Gasteiger partial charge in [-0.25, -0.2) is 0 Å². The van der Waals surface area contributed by atoms with E-state index in [9.17, 15) is 0 Å². The molecule has 0 bridgehead atoms. The highest BCUT2D eigenvalue weighted by molar-refractivity contribution is 6.30. The molecule has 2 heterocycles. The second-order valence-corrected chi connectivity index (χ2v) is 7.15. The van der Waals surface area contributed by atoms with Crippen LogP contribution >= 0.6 is 11.6 Å². The fourth-order valence-corrected chi connectivity index (χ4v) is 3.31. The Balaban J connectivity index is 1.65.